The van der Waals surface area contributed by atoms with E-state index in [0.717, 1.165) is 43.8 Å². The molecule has 1 aliphatic rings. The normalized spacial score (nSPS) is 15.0. The van der Waals surface area contributed by atoms with Gasteiger partial charge in [0.25, 0.3) is 5.91 Å². The number of hydrogen-bond donors (Lipinski definition) is 0. The fraction of sp³-hybridized carbons (Fsp3) is 0.429. The lowest BCUT2D eigenvalue weighted by Crippen LogP contribution is -2.39. The summed E-state index contributed by atoms with van der Waals surface area (Å²) in [5.41, 5.74) is 1.24. The molecule has 1 amide bonds. The largest absolute Gasteiger partial charge is 0.573 e. The van der Waals surface area contributed by atoms with Crippen LogP contribution in [0.25, 0.3) is 0 Å². The first-order chi connectivity index (χ1) is 14.4. The minimum atomic E-state index is -4.77. The summed E-state index contributed by atoms with van der Waals surface area (Å²) in [6, 6.07) is 8.68. The number of pyridine rings is 1. The molecule has 9 heteroatoms. The third kappa shape index (κ3) is 7.00. The third-order valence-corrected chi connectivity index (χ3v) is 4.75. The van der Waals surface area contributed by atoms with E-state index in [0.29, 0.717) is 31.9 Å². The van der Waals surface area contributed by atoms with Crippen molar-refractivity contribution in [2.24, 2.45) is 0 Å². The van der Waals surface area contributed by atoms with Gasteiger partial charge in [0.05, 0.1) is 13.2 Å². The second-order valence-corrected chi connectivity index (χ2v) is 6.96. The molecular weight excluding hydrogens is 399 g/mol. The van der Waals surface area contributed by atoms with Crippen molar-refractivity contribution in [3.63, 3.8) is 0 Å². The van der Waals surface area contributed by atoms with E-state index in [1.165, 1.54) is 12.1 Å². The maximum atomic E-state index is 13.0. The van der Waals surface area contributed by atoms with Crippen LogP contribution in [0.1, 0.15) is 22.3 Å². The zero-order valence-corrected chi connectivity index (χ0v) is 16.5. The van der Waals surface area contributed by atoms with E-state index in [4.69, 9.17) is 4.74 Å². The van der Waals surface area contributed by atoms with Gasteiger partial charge in [0.1, 0.15) is 5.75 Å². The Hall–Kier alpha value is -2.65. The van der Waals surface area contributed by atoms with Crippen molar-refractivity contribution in [3.8, 4) is 5.75 Å². The molecule has 0 bridgehead atoms. The third-order valence-electron chi connectivity index (χ3n) is 4.75. The van der Waals surface area contributed by atoms with Gasteiger partial charge in [-0.2, -0.15) is 0 Å². The van der Waals surface area contributed by atoms with Crippen molar-refractivity contribution in [2.45, 2.75) is 19.3 Å². The highest BCUT2D eigenvalue weighted by molar-refractivity contribution is 5.94. The van der Waals surface area contributed by atoms with Crippen LogP contribution in [0.5, 0.6) is 5.75 Å². The van der Waals surface area contributed by atoms with E-state index in [1.807, 2.05) is 12.1 Å². The Balaban J connectivity index is 1.65. The first kappa shape index (κ1) is 22.0. The molecule has 0 saturated carbocycles. The van der Waals surface area contributed by atoms with Gasteiger partial charge in [0, 0.05) is 50.7 Å². The van der Waals surface area contributed by atoms with E-state index in [2.05, 4.69) is 14.6 Å². The summed E-state index contributed by atoms with van der Waals surface area (Å²) in [6.07, 6.45) is -0.658. The summed E-state index contributed by atoms with van der Waals surface area (Å²) in [6.45, 7) is 4.95. The summed E-state index contributed by atoms with van der Waals surface area (Å²) in [5, 5.41) is 0. The number of ether oxygens (including phenoxy) is 2. The van der Waals surface area contributed by atoms with Crippen LogP contribution in [0, 0.1) is 0 Å². The van der Waals surface area contributed by atoms with Crippen LogP contribution >= 0.6 is 0 Å². The molecular formula is C21H24F3N3O3. The molecule has 0 spiro atoms. The highest BCUT2D eigenvalue weighted by Crippen LogP contribution is 2.23. The fourth-order valence-electron chi connectivity index (χ4n) is 3.25. The molecule has 0 N–H and O–H groups in total. The average Bonchev–Trinajstić information content (AvgIpc) is 2.73. The molecule has 0 radical (unpaired) electrons. The minimum Gasteiger partial charge on any atom is -0.406 e. The van der Waals surface area contributed by atoms with Crippen LogP contribution in [0.3, 0.4) is 0 Å². The highest BCUT2D eigenvalue weighted by atomic mass is 19.4. The van der Waals surface area contributed by atoms with E-state index in [-0.39, 0.29) is 11.7 Å². The van der Waals surface area contributed by atoms with Gasteiger partial charge in [-0.3, -0.25) is 14.7 Å². The van der Waals surface area contributed by atoms with Crippen LogP contribution in [0.4, 0.5) is 13.2 Å². The second-order valence-electron chi connectivity index (χ2n) is 6.96. The predicted octanol–water partition coefficient (Wildman–Crippen LogP) is 3.34. The summed E-state index contributed by atoms with van der Waals surface area (Å²) in [5.74, 6) is -0.598. The van der Waals surface area contributed by atoms with E-state index < -0.39 is 6.36 Å². The van der Waals surface area contributed by atoms with Gasteiger partial charge in [0.15, 0.2) is 0 Å². The lowest BCUT2D eigenvalue weighted by atomic mass is 10.1. The molecule has 6 nitrogen and oxygen atoms in total. The number of nitrogens with zero attached hydrogens (tertiary/aromatic N) is 3. The molecule has 30 heavy (non-hydrogen) atoms. The summed E-state index contributed by atoms with van der Waals surface area (Å²) in [7, 11) is 0. The first-order valence-electron chi connectivity index (χ1n) is 9.75. The number of amides is 1. The van der Waals surface area contributed by atoms with Crippen molar-refractivity contribution in [3.05, 3.63) is 59.9 Å². The minimum absolute atomic E-state index is 0.243. The van der Waals surface area contributed by atoms with Gasteiger partial charge >= 0.3 is 6.36 Å². The molecule has 1 fully saturated rings. The lowest BCUT2D eigenvalue weighted by Gasteiger charge is -2.28. The zero-order chi connectivity index (χ0) is 21.4. The second kappa shape index (κ2) is 10.4. The Kier molecular flexibility index (Phi) is 7.64. The standard InChI is InChI=1S/C21H24F3N3O3/c22-21(23,24)30-19-4-2-18(3-5-19)20(28)27(16-17-6-8-25-9-7-17)11-1-10-26-12-14-29-15-13-26/h2-9H,1,10-16H2. The summed E-state index contributed by atoms with van der Waals surface area (Å²) < 4.78 is 46.3. The van der Waals surface area contributed by atoms with Crippen molar-refractivity contribution < 1.29 is 27.4 Å². The van der Waals surface area contributed by atoms with Gasteiger partial charge < -0.3 is 14.4 Å². The van der Waals surface area contributed by atoms with Gasteiger partial charge in [0.2, 0.25) is 0 Å². The van der Waals surface area contributed by atoms with Crippen LogP contribution in [0.15, 0.2) is 48.8 Å². The van der Waals surface area contributed by atoms with Crippen molar-refractivity contribution in [2.75, 3.05) is 39.4 Å². The zero-order valence-electron chi connectivity index (χ0n) is 16.5. The fourth-order valence-corrected chi connectivity index (χ4v) is 3.25. The summed E-state index contributed by atoms with van der Waals surface area (Å²) in [4.78, 5) is 21.0. The van der Waals surface area contributed by atoms with Crippen LogP contribution in [-0.4, -0.2) is 66.4 Å². The maximum absolute atomic E-state index is 13.0. The van der Waals surface area contributed by atoms with Crippen LogP contribution in [-0.2, 0) is 11.3 Å². The topological polar surface area (TPSA) is 54.9 Å². The molecule has 2 aromatic rings. The molecule has 1 aromatic heterocycles. The number of benzene rings is 1. The number of hydrogen-bond acceptors (Lipinski definition) is 5. The van der Waals surface area contributed by atoms with E-state index in [9.17, 15) is 18.0 Å². The van der Waals surface area contributed by atoms with E-state index in [1.54, 1.807) is 17.3 Å². The Morgan fingerprint density at radius 2 is 1.77 bits per heavy atom. The van der Waals surface area contributed by atoms with Crippen molar-refractivity contribution in [1.29, 1.82) is 0 Å². The number of morpholine rings is 1. The number of carbonyl (C=O) groups excluding carboxylic acids is 1. The molecule has 1 aliphatic heterocycles. The summed E-state index contributed by atoms with van der Waals surface area (Å²) >= 11 is 0. The SMILES string of the molecule is O=C(c1ccc(OC(F)(F)F)cc1)N(CCCN1CCOCC1)Cc1ccncc1. The Labute approximate surface area is 173 Å². The molecule has 3 rings (SSSR count). The van der Waals surface area contributed by atoms with Crippen molar-refractivity contribution in [1.82, 2.24) is 14.8 Å². The van der Waals surface area contributed by atoms with Gasteiger partial charge in [-0.25, -0.2) is 0 Å². The number of alkyl halides is 3. The monoisotopic (exact) mass is 423 g/mol. The molecule has 1 saturated heterocycles. The van der Waals surface area contributed by atoms with Gasteiger partial charge in [-0.15, -0.1) is 13.2 Å². The first-order valence-corrected chi connectivity index (χ1v) is 9.75. The number of rotatable bonds is 8. The van der Waals surface area contributed by atoms with Gasteiger partial charge in [-0.1, -0.05) is 0 Å². The van der Waals surface area contributed by atoms with Crippen LogP contribution in [0.2, 0.25) is 0 Å². The van der Waals surface area contributed by atoms with Crippen LogP contribution < -0.4 is 4.74 Å². The highest BCUT2D eigenvalue weighted by Gasteiger charge is 2.31. The van der Waals surface area contributed by atoms with Gasteiger partial charge in [-0.05, 0) is 48.4 Å². The molecule has 0 unspecified atom stereocenters. The number of aromatic nitrogens is 1. The smallest absolute Gasteiger partial charge is 0.406 e. The lowest BCUT2D eigenvalue weighted by molar-refractivity contribution is -0.274. The Morgan fingerprint density at radius 1 is 1.10 bits per heavy atom. The van der Waals surface area contributed by atoms with E-state index >= 15 is 0 Å². The molecule has 0 aliphatic carbocycles. The van der Waals surface area contributed by atoms with Crippen molar-refractivity contribution >= 4 is 5.91 Å². The Bertz CT molecular complexity index is 795. The molecule has 1 aromatic carbocycles. The quantitative estimate of drug-likeness (QED) is 0.652. The molecule has 0 atom stereocenters. The number of carbonyl (C=O) groups is 1. The molecule has 162 valence electrons. The predicted molar refractivity (Wildman–Crippen MR) is 104 cm³/mol. The maximum Gasteiger partial charge on any atom is 0.573 e. The number of halogens is 3. The Morgan fingerprint density at radius 3 is 2.40 bits per heavy atom. The molecule has 2 heterocycles. The average molecular weight is 423 g/mol.